The fourth-order valence-corrected chi connectivity index (χ4v) is 2.71. The fraction of sp³-hybridized carbons (Fsp3) is 0.0909. The van der Waals surface area contributed by atoms with Crippen molar-refractivity contribution in [2.45, 2.75) is 6.18 Å². The van der Waals surface area contributed by atoms with Gasteiger partial charge in [0.15, 0.2) is 0 Å². The molecule has 0 radical (unpaired) electrons. The number of halogens is 4. The van der Waals surface area contributed by atoms with Gasteiger partial charge in [0, 0.05) is 10.7 Å². The molecule has 104 valence electrons. The number of nitrogens with zero attached hydrogens (tertiary/aromatic N) is 2. The van der Waals surface area contributed by atoms with Gasteiger partial charge in [0.1, 0.15) is 10.6 Å². The Labute approximate surface area is 122 Å². The van der Waals surface area contributed by atoms with Crippen molar-refractivity contribution in [3.63, 3.8) is 0 Å². The van der Waals surface area contributed by atoms with Gasteiger partial charge in [0.25, 0.3) is 11.8 Å². The number of hydrogen-bond donors (Lipinski definition) is 0. The third-order valence-electron chi connectivity index (χ3n) is 2.19. The monoisotopic (exact) mass is 364 g/mol. The largest absolute Gasteiger partial charge is 0.417 e. The smallest absolute Gasteiger partial charge is 0.266 e. The van der Waals surface area contributed by atoms with Crippen molar-refractivity contribution in [3.05, 3.63) is 32.4 Å². The Kier molecular flexibility index (Phi) is 4.00. The Morgan fingerprint density at radius 3 is 2.65 bits per heavy atom. The van der Waals surface area contributed by atoms with Gasteiger partial charge in [-0.3, -0.25) is 9.59 Å². The maximum absolute atomic E-state index is 12.5. The molecule has 0 bridgehead atoms. The van der Waals surface area contributed by atoms with Gasteiger partial charge in [-0.15, -0.1) is 11.3 Å². The van der Waals surface area contributed by atoms with E-state index >= 15 is 0 Å². The Hall–Kier alpha value is -1.61. The lowest BCUT2D eigenvalue weighted by atomic mass is 10.1. The van der Waals surface area contributed by atoms with Crippen LogP contribution < -0.4 is 0 Å². The number of dihydropyridines is 1. The van der Waals surface area contributed by atoms with E-state index in [1.807, 2.05) is 0 Å². The Morgan fingerprint density at radius 1 is 1.40 bits per heavy atom. The first-order valence-corrected chi connectivity index (χ1v) is 6.69. The highest BCUT2D eigenvalue weighted by Gasteiger charge is 2.35. The van der Waals surface area contributed by atoms with Crippen LogP contribution in [0.3, 0.4) is 0 Å². The lowest BCUT2D eigenvalue weighted by Crippen LogP contribution is -2.23. The van der Waals surface area contributed by atoms with Crippen LogP contribution in [0.4, 0.5) is 13.2 Å². The minimum Gasteiger partial charge on any atom is -0.266 e. The van der Waals surface area contributed by atoms with Gasteiger partial charge in [0.05, 0.1) is 5.57 Å². The molecule has 0 spiro atoms. The van der Waals surface area contributed by atoms with E-state index in [2.05, 4.69) is 25.9 Å². The van der Waals surface area contributed by atoms with Crippen LogP contribution in [-0.4, -0.2) is 29.9 Å². The molecule has 4 nitrogen and oxygen atoms in total. The van der Waals surface area contributed by atoms with Gasteiger partial charge in [-0.2, -0.15) is 13.2 Å². The third-order valence-corrected chi connectivity index (χ3v) is 4.02. The van der Waals surface area contributed by atoms with Crippen molar-refractivity contribution in [2.75, 3.05) is 0 Å². The molecule has 0 saturated carbocycles. The predicted molar refractivity (Wildman–Crippen MR) is 71.4 cm³/mol. The van der Waals surface area contributed by atoms with Crippen molar-refractivity contribution in [3.8, 4) is 0 Å². The Bertz CT molecular complexity index is 673. The molecular weight excluding hydrogens is 361 g/mol. The van der Waals surface area contributed by atoms with Crippen LogP contribution in [-0.2, 0) is 4.79 Å². The van der Waals surface area contributed by atoms with E-state index in [1.165, 1.54) is 0 Å². The van der Waals surface area contributed by atoms with Crippen LogP contribution in [0.1, 0.15) is 9.67 Å². The van der Waals surface area contributed by atoms with Crippen molar-refractivity contribution in [1.29, 1.82) is 0 Å². The summed E-state index contributed by atoms with van der Waals surface area (Å²) in [7, 11) is 0. The van der Waals surface area contributed by atoms with Gasteiger partial charge >= 0.3 is 6.18 Å². The summed E-state index contributed by atoms with van der Waals surface area (Å²) in [5.74, 6) is -1.79. The molecule has 2 rings (SSSR count). The van der Waals surface area contributed by atoms with Crippen LogP contribution in [0.2, 0.25) is 0 Å². The van der Waals surface area contributed by atoms with Crippen molar-refractivity contribution >= 4 is 51.0 Å². The van der Waals surface area contributed by atoms with Crippen LogP contribution in [0.5, 0.6) is 0 Å². The average Bonchev–Trinajstić information content (AvgIpc) is 2.77. The first-order valence-electron chi connectivity index (χ1n) is 5.02. The quantitative estimate of drug-likeness (QED) is 0.768. The summed E-state index contributed by atoms with van der Waals surface area (Å²) >= 11 is 4.16. The molecule has 0 unspecified atom stereocenters. The summed E-state index contributed by atoms with van der Waals surface area (Å²) in [6.07, 6.45) is -3.74. The molecule has 1 aromatic heterocycles. The van der Waals surface area contributed by atoms with Crippen LogP contribution in [0.25, 0.3) is 0 Å². The number of amides is 2. The maximum Gasteiger partial charge on any atom is 0.417 e. The highest BCUT2D eigenvalue weighted by atomic mass is 79.9. The summed E-state index contributed by atoms with van der Waals surface area (Å²) in [4.78, 5) is 29.8. The summed E-state index contributed by atoms with van der Waals surface area (Å²) < 4.78 is 38.0. The van der Waals surface area contributed by atoms with Crippen molar-refractivity contribution in [1.82, 2.24) is 0 Å². The standard InChI is InChI=1S/C11H4BrF3N2O2S/c12-6-1-2-20-8(6)10(19)17-7-3-5(11(13,14)15)4-16-9(7)18/h1-4H. The lowest BCUT2D eigenvalue weighted by Gasteiger charge is -2.10. The van der Waals surface area contributed by atoms with E-state index in [9.17, 15) is 22.8 Å². The van der Waals surface area contributed by atoms with Gasteiger partial charge in [-0.05, 0) is 33.5 Å². The molecule has 0 aliphatic carbocycles. The summed E-state index contributed by atoms with van der Waals surface area (Å²) in [5, 5.41) is 1.61. The van der Waals surface area contributed by atoms with E-state index in [-0.39, 0.29) is 4.88 Å². The number of aliphatic imine (C=N–C) groups is 2. The summed E-state index contributed by atoms with van der Waals surface area (Å²) in [6.45, 7) is 0. The van der Waals surface area contributed by atoms with Crippen molar-refractivity contribution < 1.29 is 22.8 Å². The Balaban J connectivity index is 2.36. The molecular formula is C11H4BrF3N2O2S. The van der Waals surface area contributed by atoms with E-state index in [1.54, 1.807) is 11.4 Å². The molecule has 2 heterocycles. The SMILES string of the molecule is O=C1N=CC(C(F)(F)F)=CC1=NC(=O)c1sccc1Br. The highest BCUT2D eigenvalue weighted by molar-refractivity contribution is 9.10. The van der Waals surface area contributed by atoms with Gasteiger partial charge in [-0.1, -0.05) is 0 Å². The fourth-order valence-electron chi connectivity index (χ4n) is 1.28. The molecule has 1 aliphatic heterocycles. The minimum atomic E-state index is -4.66. The highest BCUT2D eigenvalue weighted by Crippen LogP contribution is 2.26. The van der Waals surface area contributed by atoms with E-state index in [4.69, 9.17) is 0 Å². The second-order valence-electron chi connectivity index (χ2n) is 3.56. The minimum absolute atomic E-state index is 0.196. The zero-order valence-corrected chi connectivity index (χ0v) is 11.8. The number of carbonyl (C=O) groups excluding carboxylic acids is 2. The van der Waals surface area contributed by atoms with Crippen molar-refractivity contribution in [2.24, 2.45) is 9.98 Å². The normalized spacial score (nSPS) is 17.5. The number of rotatable bonds is 1. The molecule has 0 fully saturated rings. The summed E-state index contributed by atoms with van der Waals surface area (Å²) in [5.41, 5.74) is -1.76. The van der Waals surface area contributed by atoms with Gasteiger partial charge in [0.2, 0.25) is 0 Å². The van der Waals surface area contributed by atoms with Gasteiger partial charge < -0.3 is 0 Å². The molecule has 9 heteroatoms. The molecule has 1 aromatic rings. The molecule has 2 amide bonds. The second-order valence-corrected chi connectivity index (χ2v) is 5.33. The number of allylic oxidation sites excluding steroid dienone is 1. The third kappa shape index (κ3) is 3.10. The van der Waals surface area contributed by atoms with Gasteiger partial charge in [-0.25, -0.2) is 9.98 Å². The molecule has 0 aromatic carbocycles. The van der Waals surface area contributed by atoms with Crippen LogP contribution in [0.15, 0.2) is 37.6 Å². The lowest BCUT2D eigenvalue weighted by molar-refractivity contribution is -0.111. The predicted octanol–water partition coefficient (Wildman–Crippen LogP) is 3.19. The zero-order chi connectivity index (χ0) is 14.9. The van der Waals surface area contributed by atoms with E-state index < -0.39 is 29.3 Å². The Morgan fingerprint density at radius 2 is 2.10 bits per heavy atom. The molecule has 1 aliphatic rings. The number of carbonyl (C=O) groups is 2. The first-order chi connectivity index (χ1) is 9.29. The first kappa shape index (κ1) is 14.8. The number of thiophene rings is 1. The van der Waals surface area contributed by atoms with Crippen LogP contribution >= 0.6 is 27.3 Å². The zero-order valence-electron chi connectivity index (χ0n) is 9.44. The topological polar surface area (TPSA) is 58.9 Å². The number of hydrogen-bond acceptors (Lipinski definition) is 3. The molecule has 0 atom stereocenters. The second kappa shape index (κ2) is 5.41. The average molecular weight is 365 g/mol. The number of alkyl halides is 3. The molecule has 0 N–H and O–H groups in total. The van der Waals surface area contributed by atoms with Crippen LogP contribution in [0, 0.1) is 0 Å². The molecule has 20 heavy (non-hydrogen) atoms. The maximum atomic E-state index is 12.5. The van der Waals surface area contributed by atoms with E-state index in [0.29, 0.717) is 16.8 Å². The summed E-state index contributed by atoms with van der Waals surface area (Å²) in [6, 6.07) is 1.59. The van der Waals surface area contributed by atoms with E-state index in [0.717, 1.165) is 11.3 Å². The molecule has 0 saturated heterocycles.